The number of carbonyl (C=O) groups is 1. The highest BCUT2D eigenvalue weighted by Crippen LogP contribution is 2.31. The van der Waals surface area contributed by atoms with Crippen molar-refractivity contribution in [3.8, 4) is 11.5 Å². The van der Waals surface area contributed by atoms with Crippen LogP contribution in [0.15, 0.2) is 48.5 Å². The van der Waals surface area contributed by atoms with Crippen molar-refractivity contribution >= 4 is 5.91 Å². The summed E-state index contributed by atoms with van der Waals surface area (Å²) < 4.78 is 11.1. The lowest BCUT2D eigenvalue weighted by atomic mass is 10.0. The van der Waals surface area contributed by atoms with E-state index in [1.54, 1.807) is 7.11 Å². The summed E-state index contributed by atoms with van der Waals surface area (Å²) in [5.41, 5.74) is 8.02. The van der Waals surface area contributed by atoms with E-state index < -0.39 is 6.04 Å². The largest absolute Gasteiger partial charge is 0.493 e. The predicted molar refractivity (Wildman–Crippen MR) is 103 cm³/mol. The summed E-state index contributed by atoms with van der Waals surface area (Å²) in [6, 6.07) is 14.6. The molecule has 2 aromatic carbocycles. The van der Waals surface area contributed by atoms with Crippen LogP contribution in [0.1, 0.15) is 37.9 Å². The summed E-state index contributed by atoms with van der Waals surface area (Å²) in [5.74, 6) is 1.15. The number of amides is 1. The number of hydrogen-bond donors (Lipinski definition) is 2. The highest BCUT2D eigenvalue weighted by molar-refractivity contribution is 5.82. The van der Waals surface area contributed by atoms with E-state index in [1.807, 2.05) is 69.3 Å². The summed E-state index contributed by atoms with van der Waals surface area (Å²) in [5, 5.41) is 2.97. The molecule has 3 N–H and O–H groups in total. The van der Waals surface area contributed by atoms with Crippen LogP contribution in [0, 0.1) is 0 Å². The number of methoxy groups -OCH3 is 1. The average Bonchev–Trinajstić information content (AvgIpc) is 2.62. The van der Waals surface area contributed by atoms with Crippen molar-refractivity contribution in [3.63, 3.8) is 0 Å². The minimum absolute atomic E-state index is 0.0582. The van der Waals surface area contributed by atoms with Crippen molar-refractivity contribution in [2.75, 3.05) is 7.11 Å². The van der Waals surface area contributed by atoms with Crippen molar-refractivity contribution in [1.82, 2.24) is 5.32 Å². The molecular weight excluding hydrogens is 328 g/mol. The highest BCUT2D eigenvalue weighted by Gasteiger charge is 2.18. The van der Waals surface area contributed by atoms with Gasteiger partial charge in [-0.15, -0.1) is 0 Å². The maximum atomic E-state index is 12.4. The molecular formula is C21H28N2O3. The first-order valence-corrected chi connectivity index (χ1v) is 8.85. The van der Waals surface area contributed by atoms with Crippen LogP contribution in [0.4, 0.5) is 0 Å². The maximum absolute atomic E-state index is 12.4. The van der Waals surface area contributed by atoms with Crippen molar-refractivity contribution in [2.24, 2.45) is 5.73 Å². The smallest absolute Gasteiger partial charge is 0.237 e. The van der Waals surface area contributed by atoms with Crippen LogP contribution >= 0.6 is 0 Å². The van der Waals surface area contributed by atoms with Gasteiger partial charge in [-0.3, -0.25) is 4.79 Å². The SMILES string of the molecule is COc1cc(C(C)NC(=O)C(N)Cc2ccccc2)ccc1OC(C)C. The first-order chi connectivity index (χ1) is 12.4. The fourth-order valence-corrected chi connectivity index (χ4v) is 2.67. The molecule has 0 aliphatic carbocycles. The Morgan fingerprint density at radius 2 is 1.77 bits per heavy atom. The number of ether oxygens (including phenoxy) is 2. The molecule has 5 heteroatoms. The van der Waals surface area contributed by atoms with Crippen LogP contribution in [-0.2, 0) is 11.2 Å². The van der Waals surface area contributed by atoms with Gasteiger partial charge < -0.3 is 20.5 Å². The molecule has 26 heavy (non-hydrogen) atoms. The molecule has 0 aromatic heterocycles. The Morgan fingerprint density at radius 3 is 2.38 bits per heavy atom. The van der Waals surface area contributed by atoms with Gasteiger partial charge in [-0.05, 0) is 50.5 Å². The van der Waals surface area contributed by atoms with Crippen LogP contribution in [0.3, 0.4) is 0 Å². The molecule has 0 spiro atoms. The molecule has 140 valence electrons. The highest BCUT2D eigenvalue weighted by atomic mass is 16.5. The normalized spacial score (nSPS) is 13.2. The second kappa shape index (κ2) is 9.25. The number of hydrogen-bond acceptors (Lipinski definition) is 4. The maximum Gasteiger partial charge on any atom is 0.237 e. The third-order valence-corrected chi connectivity index (χ3v) is 4.04. The molecule has 0 aliphatic rings. The first kappa shape index (κ1) is 19.8. The zero-order chi connectivity index (χ0) is 19.1. The van der Waals surface area contributed by atoms with Crippen LogP contribution < -0.4 is 20.5 Å². The van der Waals surface area contributed by atoms with Crippen LogP contribution in [0.25, 0.3) is 0 Å². The van der Waals surface area contributed by atoms with E-state index in [0.29, 0.717) is 17.9 Å². The average molecular weight is 356 g/mol. The number of carbonyl (C=O) groups excluding carboxylic acids is 1. The zero-order valence-electron chi connectivity index (χ0n) is 15.9. The van der Waals surface area contributed by atoms with Gasteiger partial charge in [-0.1, -0.05) is 36.4 Å². The summed E-state index contributed by atoms with van der Waals surface area (Å²) in [6.45, 7) is 5.85. The second-order valence-electron chi connectivity index (χ2n) is 6.60. The minimum Gasteiger partial charge on any atom is -0.493 e. The van der Waals surface area contributed by atoms with Crippen molar-refractivity contribution in [3.05, 3.63) is 59.7 Å². The van der Waals surface area contributed by atoms with Gasteiger partial charge in [0.05, 0.1) is 25.3 Å². The molecule has 2 unspecified atom stereocenters. The number of nitrogens with two attached hydrogens (primary N) is 1. The van der Waals surface area contributed by atoms with E-state index in [0.717, 1.165) is 11.1 Å². The Balaban J connectivity index is 2.01. The van der Waals surface area contributed by atoms with Gasteiger partial charge in [0.25, 0.3) is 0 Å². The summed E-state index contributed by atoms with van der Waals surface area (Å²) in [7, 11) is 1.60. The van der Waals surface area contributed by atoms with Crippen molar-refractivity contribution < 1.29 is 14.3 Å². The molecule has 0 bridgehead atoms. The van der Waals surface area contributed by atoms with E-state index in [-0.39, 0.29) is 18.1 Å². The van der Waals surface area contributed by atoms with E-state index in [9.17, 15) is 4.79 Å². The lowest BCUT2D eigenvalue weighted by Gasteiger charge is -2.20. The van der Waals surface area contributed by atoms with Gasteiger partial charge in [0.2, 0.25) is 5.91 Å². The molecule has 0 radical (unpaired) electrons. The van der Waals surface area contributed by atoms with Gasteiger partial charge in [0, 0.05) is 0 Å². The van der Waals surface area contributed by atoms with Crippen LogP contribution in [-0.4, -0.2) is 25.2 Å². The van der Waals surface area contributed by atoms with Gasteiger partial charge in [-0.25, -0.2) is 0 Å². The second-order valence-corrected chi connectivity index (χ2v) is 6.60. The zero-order valence-corrected chi connectivity index (χ0v) is 15.9. The molecule has 2 atom stereocenters. The fraction of sp³-hybridized carbons (Fsp3) is 0.381. The van der Waals surface area contributed by atoms with Crippen LogP contribution in [0.5, 0.6) is 11.5 Å². The van der Waals surface area contributed by atoms with Crippen LogP contribution in [0.2, 0.25) is 0 Å². The van der Waals surface area contributed by atoms with Gasteiger partial charge in [0.15, 0.2) is 11.5 Å². The summed E-state index contributed by atoms with van der Waals surface area (Å²) in [6.07, 6.45) is 0.562. The van der Waals surface area contributed by atoms with E-state index in [2.05, 4.69) is 5.32 Å². The molecule has 0 fully saturated rings. The fourth-order valence-electron chi connectivity index (χ4n) is 2.67. The van der Waals surface area contributed by atoms with Gasteiger partial charge >= 0.3 is 0 Å². The monoisotopic (exact) mass is 356 g/mol. The third-order valence-electron chi connectivity index (χ3n) is 4.04. The van der Waals surface area contributed by atoms with E-state index in [1.165, 1.54) is 0 Å². The van der Waals surface area contributed by atoms with E-state index in [4.69, 9.17) is 15.2 Å². The summed E-state index contributed by atoms with van der Waals surface area (Å²) >= 11 is 0. The molecule has 0 heterocycles. The Bertz CT molecular complexity index is 716. The van der Waals surface area contributed by atoms with Gasteiger partial charge in [-0.2, -0.15) is 0 Å². The van der Waals surface area contributed by atoms with Crippen molar-refractivity contribution in [1.29, 1.82) is 0 Å². The Morgan fingerprint density at radius 1 is 1.08 bits per heavy atom. The standard InChI is InChI=1S/C21H28N2O3/c1-14(2)26-19-11-10-17(13-20(19)25-4)15(3)23-21(24)18(22)12-16-8-6-5-7-9-16/h5-11,13-15,18H,12,22H2,1-4H3,(H,23,24). The van der Waals surface area contributed by atoms with E-state index >= 15 is 0 Å². The Labute approximate surface area is 155 Å². The first-order valence-electron chi connectivity index (χ1n) is 8.85. The van der Waals surface area contributed by atoms with Crippen molar-refractivity contribution in [2.45, 2.75) is 45.4 Å². The predicted octanol–water partition coefficient (Wildman–Crippen LogP) is 3.23. The third kappa shape index (κ3) is 5.49. The quantitative estimate of drug-likeness (QED) is 0.762. The van der Waals surface area contributed by atoms with Gasteiger partial charge in [0.1, 0.15) is 0 Å². The number of rotatable bonds is 8. The molecule has 0 aliphatic heterocycles. The molecule has 5 nitrogen and oxygen atoms in total. The summed E-state index contributed by atoms with van der Waals surface area (Å²) in [4.78, 5) is 12.4. The Hall–Kier alpha value is -2.53. The minimum atomic E-state index is -0.592. The molecule has 1 amide bonds. The molecule has 2 rings (SSSR count). The lowest BCUT2D eigenvalue weighted by molar-refractivity contribution is -0.123. The Kier molecular flexibility index (Phi) is 7.04. The number of nitrogens with one attached hydrogen (secondary N) is 1. The lowest BCUT2D eigenvalue weighted by Crippen LogP contribution is -2.42. The number of benzene rings is 2. The molecule has 2 aromatic rings. The molecule has 0 saturated heterocycles. The molecule has 0 saturated carbocycles. The topological polar surface area (TPSA) is 73.6 Å².